The van der Waals surface area contributed by atoms with Gasteiger partial charge in [-0.15, -0.1) is 0 Å². The predicted molar refractivity (Wildman–Crippen MR) is 174 cm³/mol. The van der Waals surface area contributed by atoms with Crippen molar-refractivity contribution in [1.29, 1.82) is 0 Å². The van der Waals surface area contributed by atoms with E-state index in [2.05, 4.69) is 0 Å². The van der Waals surface area contributed by atoms with Crippen molar-refractivity contribution in [2.75, 3.05) is 39.6 Å². The summed E-state index contributed by atoms with van der Waals surface area (Å²) in [5, 5.41) is 134. The van der Waals surface area contributed by atoms with Crippen LogP contribution in [-0.4, -0.2) is 229 Å². The highest BCUT2D eigenvalue weighted by atomic mass is 16.8. The Hall–Kier alpha value is -0.880. The molecule has 0 radical (unpaired) electrons. The topological polar surface area (TPSA) is 363 Å². The standard InChI is InChI=1S/C32H59NO21/c33-7-5-3-1-2-4-6-8-47-32-28(54-31-27(46)22(41)18(37)14(10-35)51-31)24(43)20(39)16(53-32)12-49-30-26(45)23(42)19(38)15(52-30)11-48-29-25(44)21(40)17(36)13(9-34)50-29/h13-32,34-46H,1-12,33H2/t13-,14-,15-,16-,17-,18-,19-,20-,21+,22+,23+,24+,25+,26+,27+,28+,29+,30+,31-,32+/m1/s1. The number of rotatable bonds is 19. The Morgan fingerprint density at radius 1 is 0.389 bits per heavy atom. The van der Waals surface area contributed by atoms with Crippen LogP contribution in [0.1, 0.15) is 38.5 Å². The maximum atomic E-state index is 11.2. The molecule has 0 aromatic heterocycles. The fraction of sp³-hybridized carbons (Fsp3) is 1.00. The molecule has 4 heterocycles. The SMILES string of the molecule is NCCCCCCCCO[C@H]1O[C@H](CO[C@H]2O[C@H](CO[C@H]3O[C@H](CO)[C@@H](O)[C@H](O)[C@@H]3O)[C@@H](O)[C@H](O)[C@@H]2O)[C@@H](O)[C@H](O)[C@@H]1O[C@H]1O[C@H](CO)[C@@H](O)[C@H](O)[C@@H]1O. The molecule has 0 spiro atoms. The molecule has 4 saturated heterocycles. The van der Waals surface area contributed by atoms with Crippen molar-refractivity contribution in [3.8, 4) is 0 Å². The van der Waals surface area contributed by atoms with Crippen LogP contribution in [-0.2, 0) is 37.9 Å². The van der Waals surface area contributed by atoms with Gasteiger partial charge in [0.1, 0.15) is 97.7 Å². The Morgan fingerprint density at radius 2 is 0.778 bits per heavy atom. The summed E-state index contributed by atoms with van der Waals surface area (Å²) in [7, 11) is 0. The van der Waals surface area contributed by atoms with E-state index in [1.807, 2.05) is 0 Å². The van der Waals surface area contributed by atoms with Crippen LogP contribution in [0, 0.1) is 0 Å². The van der Waals surface area contributed by atoms with E-state index in [0.717, 1.165) is 32.1 Å². The summed E-state index contributed by atoms with van der Waals surface area (Å²) in [6.07, 6.45) is -28.0. The van der Waals surface area contributed by atoms with Gasteiger partial charge in [-0.1, -0.05) is 25.7 Å². The number of nitrogens with two attached hydrogens (primary N) is 1. The maximum absolute atomic E-state index is 11.2. The van der Waals surface area contributed by atoms with Gasteiger partial charge in [0.05, 0.1) is 26.4 Å². The van der Waals surface area contributed by atoms with Crippen molar-refractivity contribution in [2.45, 2.75) is 161 Å². The summed E-state index contributed by atoms with van der Waals surface area (Å²) < 4.78 is 44.9. The second-order valence-electron chi connectivity index (χ2n) is 14.0. The zero-order valence-electron chi connectivity index (χ0n) is 29.7. The lowest BCUT2D eigenvalue weighted by molar-refractivity contribution is -0.373. The number of hydrogen-bond acceptors (Lipinski definition) is 22. The molecule has 0 aliphatic carbocycles. The lowest BCUT2D eigenvalue weighted by Crippen LogP contribution is -2.65. The van der Waals surface area contributed by atoms with Crippen LogP contribution in [0.3, 0.4) is 0 Å². The summed E-state index contributed by atoms with van der Waals surface area (Å²) in [5.74, 6) is 0. The van der Waals surface area contributed by atoms with Crippen LogP contribution in [0.5, 0.6) is 0 Å². The second kappa shape index (κ2) is 21.8. The third-order valence-corrected chi connectivity index (χ3v) is 10.0. The summed E-state index contributed by atoms with van der Waals surface area (Å²) >= 11 is 0. The largest absolute Gasteiger partial charge is 0.394 e. The van der Waals surface area contributed by atoms with E-state index in [0.29, 0.717) is 13.0 Å². The van der Waals surface area contributed by atoms with Crippen LogP contribution in [0.2, 0.25) is 0 Å². The van der Waals surface area contributed by atoms with Crippen molar-refractivity contribution in [3.05, 3.63) is 0 Å². The molecule has 4 aliphatic heterocycles. The van der Waals surface area contributed by atoms with E-state index >= 15 is 0 Å². The average Bonchev–Trinajstić information content (AvgIpc) is 3.16. The summed E-state index contributed by atoms with van der Waals surface area (Å²) in [4.78, 5) is 0. The zero-order valence-corrected chi connectivity index (χ0v) is 29.7. The monoisotopic (exact) mass is 793 g/mol. The van der Waals surface area contributed by atoms with Crippen LogP contribution >= 0.6 is 0 Å². The first-order chi connectivity index (χ1) is 25.7. The van der Waals surface area contributed by atoms with Crippen molar-refractivity contribution in [3.63, 3.8) is 0 Å². The van der Waals surface area contributed by atoms with E-state index in [1.54, 1.807) is 0 Å². The van der Waals surface area contributed by atoms with Crippen molar-refractivity contribution in [1.82, 2.24) is 0 Å². The molecule has 54 heavy (non-hydrogen) atoms. The van der Waals surface area contributed by atoms with Gasteiger partial charge in [-0.05, 0) is 19.4 Å². The Bertz CT molecular complexity index is 1070. The van der Waals surface area contributed by atoms with E-state index < -0.39 is 149 Å². The maximum Gasteiger partial charge on any atom is 0.187 e. The fourth-order valence-electron chi connectivity index (χ4n) is 6.59. The summed E-state index contributed by atoms with van der Waals surface area (Å²) in [5.41, 5.74) is 5.54. The Morgan fingerprint density at radius 3 is 1.28 bits per heavy atom. The lowest BCUT2D eigenvalue weighted by Gasteiger charge is -2.46. The van der Waals surface area contributed by atoms with E-state index in [9.17, 15) is 66.4 Å². The molecule has 0 saturated carbocycles. The minimum Gasteiger partial charge on any atom is -0.394 e. The van der Waals surface area contributed by atoms with E-state index in [1.165, 1.54) is 0 Å². The van der Waals surface area contributed by atoms with Gasteiger partial charge in [0.25, 0.3) is 0 Å². The van der Waals surface area contributed by atoms with Gasteiger partial charge in [-0.3, -0.25) is 0 Å². The number of ether oxygens (including phenoxy) is 8. The zero-order chi connectivity index (χ0) is 39.7. The molecular weight excluding hydrogens is 734 g/mol. The van der Waals surface area contributed by atoms with Crippen LogP contribution in [0.4, 0.5) is 0 Å². The molecule has 4 aliphatic rings. The highest BCUT2D eigenvalue weighted by Gasteiger charge is 2.52. The number of aliphatic hydroxyl groups excluding tert-OH is 13. The third-order valence-electron chi connectivity index (χ3n) is 10.0. The van der Waals surface area contributed by atoms with Gasteiger partial charge in [0.15, 0.2) is 25.2 Å². The van der Waals surface area contributed by atoms with Crippen LogP contribution < -0.4 is 5.73 Å². The summed E-state index contributed by atoms with van der Waals surface area (Å²) in [6, 6.07) is 0. The van der Waals surface area contributed by atoms with Gasteiger partial charge < -0.3 is 110 Å². The Labute approximate surface area is 311 Å². The molecule has 22 heteroatoms. The molecule has 0 bridgehead atoms. The summed E-state index contributed by atoms with van der Waals surface area (Å²) in [6.45, 7) is -2.00. The number of unbranched alkanes of at least 4 members (excludes halogenated alkanes) is 5. The highest BCUT2D eigenvalue weighted by Crippen LogP contribution is 2.32. The number of aliphatic hydroxyl groups is 13. The van der Waals surface area contributed by atoms with Crippen LogP contribution in [0.25, 0.3) is 0 Å². The Balaban J connectivity index is 1.39. The minimum absolute atomic E-state index is 0.0944. The van der Waals surface area contributed by atoms with E-state index in [4.69, 9.17) is 43.6 Å². The van der Waals surface area contributed by atoms with Crippen molar-refractivity contribution in [2.24, 2.45) is 5.73 Å². The first-order valence-electron chi connectivity index (χ1n) is 18.3. The first-order valence-corrected chi connectivity index (χ1v) is 18.3. The second-order valence-corrected chi connectivity index (χ2v) is 14.0. The molecule has 20 atom stereocenters. The fourth-order valence-corrected chi connectivity index (χ4v) is 6.59. The molecule has 0 aromatic rings. The molecule has 0 aromatic carbocycles. The highest BCUT2D eigenvalue weighted by molar-refractivity contribution is 4.95. The quantitative estimate of drug-likeness (QED) is 0.0540. The van der Waals surface area contributed by atoms with Gasteiger partial charge in [-0.2, -0.15) is 0 Å². The van der Waals surface area contributed by atoms with Gasteiger partial charge in [0.2, 0.25) is 0 Å². The molecule has 22 nitrogen and oxygen atoms in total. The minimum atomic E-state index is -1.86. The molecule has 0 unspecified atom stereocenters. The van der Waals surface area contributed by atoms with Crippen molar-refractivity contribution < 1.29 is 104 Å². The average molecular weight is 794 g/mol. The normalized spacial score (nSPS) is 46.1. The van der Waals surface area contributed by atoms with Gasteiger partial charge >= 0.3 is 0 Å². The molecule has 4 fully saturated rings. The molecule has 318 valence electrons. The third kappa shape index (κ3) is 11.2. The first kappa shape index (κ1) is 45.8. The predicted octanol–water partition coefficient (Wildman–Crippen LogP) is -7.43. The molecule has 15 N–H and O–H groups in total. The molecule has 4 rings (SSSR count). The number of hydrogen-bond donors (Lipinski definition) is 14. The lowest BCUT2D eigenvalue weighted by atomic mass is 9.97. The van der Waals surface area contributed by atoms with Crippen LogP contribution in [0.15, 0.2) is 0 Å². The Kier molecular flexibility index (Phi) is 18.5. The molecule has 0 amide bonds. The molecular formula is C32H59NO21. The van der Waals surface area contributed by atoms with Gasteiger partial charge in [-0.25, -0.2) is 0 Å². The van der Waals surface area contributed by atoms with E-state index in [-0.39, 0.29) is 6.61 Å². The smallest absolute Gasteiger partial charge is 0.187 e. The van der Waals surface area contributed by atoms with Gasteiger partial charge in [0, 0.05) is 6.61 Å². The van der Waals surface area contributed by atoms with Crippen molar-refractivity contribution >= 4 is 0 Å².